The van der Waals surface area contributed by atoms with Gasteiger partial charge in [-0.3, -0.25) is 0 Å². The summed E-state index contributed by atoms with van der Waals surface area (Å²) in [6.45, 7) is 0.918. The van der Waals surface area contributed by atoms with Gasteiger partial charge in [-0.1, -0.05) is 18.2 Å². The summed E-state index contributed by atoms with van der Waals surface area (Å²) in [5.74, 6) is 0.0176. The van der Waals surface area contributed by atoms with Crippen LogP contribution in [0.3, 0.4) is 0 Å². The molecule has 4 nitrogen and oxygen atoms in total. The normalized spacial score (nSPS) is 31.5. The lowest BCUT2D eigenvalue weighted by Gasteiger charge is -2.17. The molecule has 0 aliphatic carbocycles. The van der Waals surface area contributed by atoms with Crippen LogP contribution in [0.5, 0.6) is 0 Å². The van der Waals surface area contributed by atoms with Gasteiger partial charge in [-0.2, -0.15) is 0 Å². The lowest BCUT2D eigenvalue weighted by atomic mass is 10.1. The van der Waals surface area contributed by atoms with Crippen molar-refractivity contribution in [2.24, 2.45) is 0 Å². The molecule has 3 atom stereocenters. The molecule has 1 aromatic carbocycles. The Kier molecular flexibility index (Phi) is 3.84. The van der Waals surface area contributed by atoms with E-state index in [0.717, 1.165) is 19.4 Å². The van der Waals surface area contributed by atoms with E-state index in [1.54, 1.807) is 24.3 Å². The number of benzene rings is 1. The van der Waals surface area contributed by atoms with E-state index in [1.807, 2.05) is 6.07 Å². The first-order chi connectivity index (χ1) is 9.08. The van der Waals surface area contributed by atoms with Crippen molar-refractivity contribution in [1.82, 2.24) is 4.67 Å². The van der Waals surface area contributed by atoms with Crippen LogP contribution in [-0.2, 0) is 14.4 Å². The number of sulfone groups is 1. The van der Waals surface area contributed by atoms with Gasteiger partial charge in [-0.15, -0.1) is 0 Å². The zero-order chi connectivity index (χ0) is 13.5. The number of halogens is 1. The summed E-state index contributed by atoms with van der Waals surface area (Å²) in [6.07, 6.45) is 1.75. The topological polar surface area (TPSA) is 46.6 Å². The molecule has 2 aliphatic rings. The van der Waals surface area contributed by atoms with Crippen molar-refractivity contribution in [1.29, 1.82) is 0 Å². The van der Waals surface area contributed by atoms with Crippen LogP contribution in [0.25, 0.3) is 0 Å². The molecule has 0 spiro atoms. The van der Waals surface area contributed by atoms with Crippen LogP contribution in [0.15, 0.2) is 35.2 Å². The molecule has 3 unspecified atom stereocenters. The second-order valence-electron chi connectivity index (χ2n) is 4.84. The van der Waals surface area contributed by atoms with Gasteiger partial charge in [0.1, 0.15) is 0 Å². The number of hydrogen-bond acceptors (Lipinski definition) is 4. The highest BCUT2D eigenvalue weighted by molar-refractivity contribution is 7.91. The number of fused-ring (bicyclic) bond motifs is 1. The molecule has 2 saturated heterocycles. The molecule has 0 saturated carbocycles. The van der Waals surface area contributed by atoms with Crippen LogP contribution in [0.4, 0.5) is 0 Å². The van der Waals surface area contributed by atoms with E-state index in [4.69, 9.17) is 15.8 Å². The van der Waals surface area contributed by atoms with Crippen LogP contribution < -0.4 is 0 Å². The first kappa shape index (κ1) is 13.8. The highest BCUT2D eigenvalue weighted by Crippen LogP contribution is 2.58. The van der Waals surface area contributed by atoms with Crippen LogP contribution in [0, 0.1) is 0 Å². The monoisotopic (exact) mass is 319 g/mol. The molecule has 0 radical (unpaired) electrons. The Hall–Kier alpha value is -0.190. The van der Waals surface area contributed by atoms with Crippen molar-refractivity contribution < 1.29 is 12.9 Å². The van der Waals surface area contributed by atoms with Gasteiger partial charge in [0, 0.05) is 12.6 Å². The van der Waals surface area contributed by atoms with E-state index in [9.17, 15) is 8.42 Å². The summed E-state index contributed by atoms with van der Waals surface area (Å²) in [7, 11) is -4.43. The maximum atomic E-state index is 12.3. The molecule has 19 heavy (non-hydrogen) atoms. The molecule has 2 fully saturated rings. The van der Waals surface area contributed by atoms with E-state index < -0.39 is 17.5 Å². The summed E-state index contributed by atoms with van der Waals surface area (Å²) in [5.41, 5.74) is 0. The van der Waals surface area contributed by atoms with Crippen molar-refractivity contribution in [3.05, 3.63) is 30.3 Å². The Morgan fingerprint density at radius 2 is 2.11 bits per heavy atom. The first-order valence-corrected chi connectivity index (χ1v) is 10.0. The smallest absolute Gasteiger partial charge is 0.207 e. The van der Waals surface area contributed by atoms with E-state index >= 15 is 0 Å². The van der Waals surface area contributed by atoms with Gasteiger partial charge < -0.3 is 4.52 Å². The Balaban J connectivity index is 1.78. The third-order valence-corrected chi connectivity index (χ3v) is 7.53. The van der Waals surface area contributed by atoms with Crippen LogP contribution in [-0.4, -0.2) is 37.5 Å². The lowest BCUT2D eigenvalue weighted by Crippen LogP contribution is -2.33. The van der Waals surface area contributed by atoms with Crippen molar-refractivity contribution in [2.45, 2.75) is 29.9 Å². The van der Waals surface area contributed by atoms with Gasteiger partial charge in [-0.05, 0) is 36.2 Å². The zero-order valence-electron chi connectivity index (χ0n) is 10.3. The molecule has 0 N–H and O–H groups in total. The van der Waals surface area contributed by atoms with E-state index in [2.05, 4.69) is 4.67 Å². The molecule has 2 heterocycles. The fourth-order valence-corrected chi connectivity index (χ4v) is 6.49. The summed E-state index contributed by atoms with van der Waals surface area (Å²) in [5, 5.41) is 0. The fourth-order valence-electron chi connectivity index (χ4n) is 2.67. The largest absolute Gasteiger partial charge is 0.325 e. The molecule has 1 aromatic rings. The Morgan fingerprint density at radius 3 is 2.84 bits per heavy atom. The lowest BCUT2D eigenvalue weighted by molar-refractivity contribution is 0.235. The van der Waals surface area contributed by atoms with Crippen LogP contribution in [0.1, 0.15) is 12.8 Å². The van der Waals surface area contributed by atoms with Gasteiger partial charge in [0.15, 0.2) is 9.84 Å². The molecular formula is C12H15ClNO3PS. The quantitative estimate of drug-likeness (QED) is 0.804. The summed E-state index contributed by atoms with van der Waals surface area (Å²) in [6, 6.07) is 8.70. The SMILES string of the molecule is O=S(=O)(CC1OP(Cl)N2CCCC12)c1ccccc1. The minimum Gasteiger partial charge on any atom is -0.325 e. The van der Waals surface area contributed by atoms with Crippen molar-refractivity contribution in [3.63, 3.8) is 0 Å². The highest BCUT2D eigenvalue weighted by atomic mass is 35.7. The van der Waals surface area contributed by atoms with Crippen LogP contribution >= 0.6 is 18.9 Å². The Bertz CT molecular complexity index is 553. The summed E-state index contributed by atoms with van der Waals surface area (Å²) < 4.78 is 32.5. The molecule has 104 valence electrons. The molecule has 3 rings (SSSR count). The average molecular weight is 320 g/mol. The van der Waals surface area contributed by atoms with Crippen molar-refractivity contribution >= 4 is 28.7 Å². The van der Waals surface area contributed by atoms with Crippen molar-refractivity contribution in [3.8, 4) is 0 Å². The number of nitrogens with zero attached hydrogens (tertiary/aromatic N) is 1. The minimum atomic E-state index is -3.31. The van der Waals surface area contributed by atoms with E-state index in [-0.39, 0.29) is 17.9 Å². The zero-order valence-corrected chi connectivity index (χ0v) is 12.7. The molecule has 0 bridgehead atoms. The first-order valence-electron chi connectivity index (χ1n) is 6.25. The van der Waals surface area contributed by atoms with Gasteiger partial charge in [-0.25, -0.2) is 13.1 Å². The minimum absolute atomic E-state index is 0.0176. The van der Waals surface area contributed by atoms with Crippen LogP contribution in [0.2, 0.25) is 0 Å². The highest BCUT2D eigenvalue weighted by Gasteiger charge is 2.46. The van der Waals surface area contributed by atoms with E-state index in [1.165, 1.54) is 0 Å². The maximum absolute atomic E-state index is 12.3. The second kappa shape index (κ2) is 5.30. The molecule has 7 heteroatoms. The molecule has 2 aliphatic heterocycles. The summed E-state index contributed by atoms with van der Waals surface area (Å²) in [4.78, 5) is 0.356. The maximum Gasteiger partial charge on any atom is 0.207 e. The predicted molar refractivity (Wildman–Crippen MR) is 75.9 cm³/mol. The molecule has 0 aromatic heterocycles. The third kappa shape index (κ3) is 2.67. The number of rotatable bonds is 3. The molecule has 0 amide bonds. The summed E-state index contributed by atoms with van der Waals surface area (Å²) >= 11 is 6.16. The van der Waals surface area contributed by atoms with Gasteiger partial charge in [0.2, 0.25) is 7.65 Å². The van der Waals surface area contributed by atoms with Crippen molar-refractivity contribution in [2.75, 3.05) is 12.3 Å². The third-order valence-electron chi connectivity index (χ3n) is 3.61. The van der Waals surface area contributed by atoms with Gasteiger partial charge in [0.05, 0.1) is 16.8 Å². The van der Waals surface area contributed by atoms with Gasteiger partial charge >= 0.3 is 0 Å². The van der Waals surface area contributed by atoms with Gasteiger partial charge in [0.25, 0.3) is 0 Å². The standard InChI is InChI=1S/C12H15ClNO3PS/c13-18-14-8-4-7-11(14)12(17-18)9-19(15,16)10-5-2-1-3-6-10/h1-3,5-6,11-12H,4,7-9H2. The van der Waals surface area contributed by atoms with E-state index in [0.29, 0.717) is 4.90 Å². The Morgan fingerprint density at radius 1 is 1.37 bits per heavy atom. The Labute approximate surface area is 119 Å². The molecular weight excluding hydrogens is 305 g/mol. The predicted octanol–water partition coefficient (Wildman–Crippen LogP) is 2.79. The number of hydrogen-bond donors (Lipinski definition) is 0. The second-order valence-corrected chi connectivity index (χ2v) is 8.92. The fraction of sp³-hybridized carbons (Fsp3) is 0.500. The average Bonchev–Trinajstić information content (AvgIpc) is 2.96.